The number of hydrogen-bond acceptors (Lipinski definition) is 7. The van der Waals surface area contributed by atoms with Gasteiger partial charge in [0.25, 0.3) is 5.91 Å². The molecule has 1 fully saturated rings. The van der Waals surface area contributed by atoms with E-state index >= 15 is 0 Å². The molecule has 0 spiro atoms. The lowest BCUT2D eigenvalue weighted by atomic mass is 9.87. The molecule has 8 nitrogen and oxygen atoms in total. The van der Waals surface area contributed by atoms with Crippen LogP contribution < -0.4 is 20.1 Å². The van der Waals surface area contributed by atoms with E-state index in [4.69, 9.17) is 21.1 Å². The molecule has 1 aliphatic heterocycles. The van der Waals surface area contributed by atoms with Crippen LogP contribution in [0.1, 0.15) is 40.2 Å². The zero-order valence-corrected chi connectivity index (χ0v) is 21.1. The molecule has 9 heteroatoms. The van der Waals surface area contributed by atoms with E-state index in [0.717, 1.165) is 18.8 Å². The van der Waals surface area contributed by atoms with Crippen LogP contribution in [-0.4, -0.2) is 55.1 Å². The topological polar surface area (TPSA) is 88.6 Å². The number of para-hydroxylation sites is 1. The molecule has 4 rings (SSSR count). The van der Waals surface area contributed by atoms with Crippen molar-refractivity contribution in [3.8, 4) is 11.6 Å². The number of ether oxygens (including phenoxy) is 2. The number of rotatable bonds is 7. The van der Waals surface area contributed by atoms with E-state index in [0.29, 0.717) is 28.3 Å². The third-order valence-corrected chi connectivity index (χ3v) is 6.62. The van der Waals surface area contributed by atoms with Gasteiger partial charge in [0, 0.05) is 11.9 Å². The molecule has 0 radical (unpaired) electrons. The number of aromatic nitrogens is 2. The van der Waals surface area contributed by atoms with Crippen molar-refractivity contribution in [1.29, 1.82) is 0 Å². The summed E-state index contributed by atoms with van der Waals surface area (Å²) in [7, 11) is 5.14. The largest absolute Gasteiger partial charge is 0.495 e. The summed E-state index contributed by atoms with van der Waals surface area (Å²) < 4.78 is 10.7. The summed E-state index contributed by atoms with van der Waals surface area (Å²) in [6.45, 7) is 4.39. The van der Waals surface area contributed by atoms with Gasteiger partial charge in [-0.25, -0.2) is 4.98 Å². The van der Waals surface area contributed by atoms with Crippen LogP contribution in [0, 0.1) is 6.92 Å². The average molecular weight is 496 g/mol. The van der Waals surface area contributed by atoms with Crippen LogP contribution in [-0.2, 0) is 0 Å². The van der Waals surface area contributed by atoms with Gasteiger partial charge in [-0.2, -0.15) is 4.98 Å². The molecule has 0 aliphatic carbocycles. The monoisotopic (exact) mass is 495 g/mol. The van der Waals surface area contributed by atoms with Crippen LogP contribution in [0.25, 0.3) is 0 Å². The lowest BCUT2D eigenvalue weighted by Crippen LogP contribution is -2.29. The molecule has 0 atom stereocenters. The van der Waals surface area contributed by atoms with Crippen molar-refractivity contribution in [2.45, 2.75) is 25.7 Å². The molecule has 3 aromatic rings. The van der Waals surface area contributed by atoms with Gasteiger partial charge in [-0.05, 0) is 81.2 Å². The Labute approximate surface area is 210 Å². The van der Waals surface area contributed by atoms with Gasteiger partial charge in [0.2, 0.25) is 11.8 Å². The molecule has 1 amide bonds. The number of anilines is 3. The number of amides is 1. The molecule has 184 valence electrons. The van der Waals surface area contributed by atoms with Gasteiger partial charge in [0.05, 0.1) is 19.2 Å². The second-order valence-electron chi connectivity index (χ2n) is 8.66. The molecule has 0 bridgehead atoms. The molecule has 2 N–H and O–H groups in total. The van der Waals surface area contributed by atoms with Crippen LogP contribution in [0.2, 0.25) is 5.02 Å². The fourth-order valence-corrected chi connectivity index (χ4v) is 4.59. The molecule has 2 aromatic carbocycles. The Hall–Kier alpha value is -3.36. The summed E-state index contributed by atoms with van der Waals surface area (Å²) in [4.78, 5) is 24.0. The zero-order chi connectivity index (χ0) is 24.9. The van der Waals surface area contributed by atoms with Crippen molar-refractivity contribution in [3.63, 3.8) is 0 Å². The Bertz CT molecular complexity index is 1210. The summed E-state index contributed by atoms with van der Waals surface area (Å²) in [5.41, 5.74) is 4.05. The van der Waals surface area contributed by atoms with Crippen molar-refractivity contribution in [1.82, 2.24) is 14.9 Å². The first kappa shape index (κ1) is 24.8. The molecule has 0 saturated carbocycles. The standard InChI is InChI=1S/C26H30ClN5O3/c1-16-14-18(8-9-19(16)17-10-12-32(2)13-11-17)29-26-28-15-20(25(31-26)35-4)24(33)30-23-21(27)6-5-7-22(23)34-3/h5-9,14-15,17H,10-13H2,1-4H3,(H,30,33)(H,28,29,31). The number of carbonyl (C=O) groups is 1. The van der Waals surface area contributed by atoms with Gasteiger partial charge in [-0.15, -0.1) is 0 Å². The summed E-state index contributed by atoms with van der Waals surface area (Å²) in [6, 6.07) is 11.4. The number of hydrogen-bond donors (Lipinski definition) is 2. The highest BCUT2D eigenvalue weighted by molar-refractivity contribution is 6.34. The van der Waals surface area contributed by atoms with Gasteiger partial charge < -0.3 is 25.0 Å². The van der Waals surface area contributed by atoms with Crippen molar-refractivity contribution in [2.75, 3.05) is 45.0 Å². The third kappa shape index (κ3) is 5.66. The van der Waals surface area contributed by atoms with Crippen molar-refractivity contribution in [3.05, 3.63) is 64.3 Å². The number of nitrogens with zero attached hydrogens (tertiary/aromatic N) is 3. The van der Waals surface area contributed by atoms with Crippen LogP contribution >= 0.6 is 11.6 Å². The van der Waals surface area contributed by atoms with Gasteiger partial charge in [0.1, 0.15) is 17.0 Å². The second-order valence-corrected chi connectivity index (χ2v) is 9.07. The molecule has 2 heterocycles. The number of methoxy groups -OCH3 is 2. The van der Waals surface area contributed by atoms with Crippen molar-refractivity contribution in [2.24, 2.45) is 0 Å². The highest BCUT2D eigenvalue weighted by atomic mass is 35.5. The third-order valence-electron chi connectivity index (χ3n) is 6.31. The van der Waals surface area contributed by atoms with Gasteiger partial charge >= 0.3 is 0 Å². The Kier molecular flexibility index (Phi) is 7.73. The Morgan fingerprint density at radius 1 is 1.14 bits per heavy atom. The Balaban J connectivity index is 1.50. The van der Waals surface area contributed by atoms with E-state index in [1.807, 2.05) is 6.07 Å². The van der Waals surface area contributed by atoms with E-state index in [2.05, 4.69) is 51.6 Å². The maximum Gasteiger partial charge on any atom is 0.262 e. The fraction of sp³-hybridized carbons (Fsp3) is 0.346. The van der Waals surface area contributed by atoms with Gasteiger partial charge in [0.15, 0.2) is 0 Å². The minimum absolute atomic E-state index is 0.144. The van der Waals surface area contributed by atoms with E-state index in [-0.39, 0.29) is 11.4 Å². The number of benzene rings is 2. The molecule has 0 unspecified atom stereocenters. The maximum absolute atomic E-state index is 12.9. The number of nitrogens with one attached hydrogen (secondary N) is 2. The number of likely N-dealkylation sites (tertiary alicyclic amines) is 1. The molecule has 1 aromatic heterocycles. The van der Waals surface area contributed by atoms with E-state index in [1.54, 1.807) is 18.2 Å². The molecular weight excluding hydrogens is 466 g/mol. The normalized spacial score (nSPS) is 14.4. The molecular formula is C26H30ClN5O3. The van der Waals surface area contributed by atoms with E-state index in [1.165, 1.54) is 44.4 Å². The first-order valence-corrected chi connectivity index (χ1v) is 11.9. The summed E-state index contributed by atoms with van der Waals surface area (Å²) in [5, 5.41) is 6.33. The first-order valence-electron chi connectivity index (χ1n) is 11.5. The van der Waals surface area contributed by atoms with Gasteiger partial charge in [-0.1, -0.05) is 23.7 Å². The first-order chi connectivity index (χ1) is 16.9. The Morgan fingerprint density at radius 3 is 2.60 bits per heavy atom. The summed E-state index contributed by atoms with van der Waals surface area (Å²) in [6.07, 6.45) is 3.77. The number of carbonyl (C=O) groups excluding carboxylic acids is 1. The van der Waals surface area contributed by atoms with Crippen LogP contribution in [0.4, 0.5) is 17.3 Å². The SMILES string of the molecule is COc1cccc(Cl)c1NC(=O)c1cnc(Nc2ccc(C3CCN(C)CC3)c(C)c2)nc1OC. The quantitative estimate of drug-likeness (QED) is 0.462. The summed E-state index contributed by atoms with van der Waals surface area (Å²) in [5.74, 6) is 1.05. The zero-order valence-electron chi connectivity index (χ0n) is 20.4. The number of aryl methyl sites for hydroxylation is 1. The number of halogens is 1. The number of piperidine rings is 1. The van der Waals surface area contributed by atoms with Crippen LogP contribution in [0.15, 0.2) is 42.6 Å². The molecule has 1 saturated heterocycles. The predicted octanol–water partition coefficient (Wildman–Crippen LogP) is 5.26. The van der Waals surface area contributed by atoms with Crippen LogP contribution in [0.5, 0.6) is 11.6 Å². The summed E-state index contributed by atoms with van der Waals surface area (Å²) >= 11 is 6.24. The van der Waals surface area contributed by atoms with Crippen LogP contribution in [0.3, 0.4) is 0 Å². The average Bonchev–Trinajstić information content (AvgIpc) is 2.86. The van der Waals surface area contributed by atoms with Gasteiger partial charge in [-0.3, -0.25) is 4.79 Å². The molecule has 35 heavy (non-hydrogen) atoms. The smallest absolute Gasteiger partial charge is 0.262 e. The van der Waals surface area contributed by atoms with E-state index < -0.39 is 5.91 Å². The van der Waals surface area contributed by atoms with Crippen molar-refractivity contribution >= 4 is 34.8 Å². The second kappa shape index (κ2) is 10.9. The predicted molar refractivity (Wildman–Crippen MR) is 138 cm³/mol. The van der Waals surface area contributed by atoms with E-state index in [9.17, 15) is 4.79 Å². The minimum atomic E-state index is -0.460. The lowest BCUT2D eigenvalue weighted by molar-refractivity contribution is 0.102. The maximum atomic E-state index is 12.9. The minimum Gasteiger partial charge on any atom is -0.495 e. The van der Waals surface area contributed by atoms with Crippen molar-refractivity contribution < 1.29 is 14.3 Å². The highest BCUT2D eigenvalue weighted by Crippen LogP contribution is 2.34. The molecule has 1 aliphatic rings. The Morgan fingerprint density at radius 2 is 1.91 bits per heavy atom. The lowest BCUT2D eigenvalue weighted by Gasteiger charge is -2.30. The fourth-order valence-electron chi connectivity index (χ4n) is 4.37. The highest BCUT2D eigenvalue weighted by Gasteiger charge is 2.21.